The summed E-state index contributed by atoms with van der Waals surface area (Å²) in [5, 5.41) is 8.96. The van der Waals surface area contributed by atoms with Crippen LogP contribution >= 0.6 is 0 Å². The van der Waals surface area contributed by atoms with Gasteiger partial charge in [0.1, 0.15) is 0 Å². The number of hydrogen-bond donors (Lipinski definition) is 1. The molecule has 5 heteroatoms. The molecule has 1 unspecified atom stereocenters. The largest absolute Gasteiger partial charge is 0.481 e. The van der Waals surface area contributed by atoms with Gasteiger partial charge in [-0.2, -0.15) is 0 Å². The maximum absolute atomic E-state index is 12.8. The van der Waals surface area contributed by atoms with E-state index in [0.717, 1.165) is 58.0 Å². The number of carbonyl (C=O) groups is 2. The number of piperidine rings is 1. The van der Waals surface area contributed by atoms with Crippen molar-refractivity contribution in [3.8, 4) is 0 Å². The van der Waals surface area contributed by atoms with Crippen LogP contribution < -0.4 is 0 Å². The van der Waals surface area contributed by atoms with Gasteiger partial charge in [0.05, 0.1) is 0 Å². The number of nitrogens with zero attached hydrogens (tertiary/aromatic N) is 2. The van der Waals surface area contributed by atoms with E-state index >= 15 is 0 Å². The van der Waals surface area contributed by atoms with Crippen LogP contribution in [0, 0.1) is 17.8 Å². The molecule has 152 valence electrons. The van der Waals surface area contributed by atoms with Crippen LogP contribution in [0.5, 0.6) is 0 Å². The molecule has 0 bridgehead atoms. The van der Waals surface area contributed by atoms with Gasteiger partial charge >= 0.3 is 5.97 Å². The second-order valence-electron chi connectivity index (χ2n) is 9.06. The Morgan fingerprint density at radius 2 is 1.82 bits per heavy atom. The summed E-state index contributed by atoms with van der Waals surface area (Å²) in [7, 11) is 0. The summed E-state index contributed by atoms with van der Waals surface area (Å²) < 4.78 is 0. The number of carboxylic acids is 1. The Morgan fingerprint density at radius 1 is 1.04 bits per heavy atom. The summed E-state index contributed by atoms with van der Waals surface area (Å²) in [6.07, 6.45) is 10.7. The van der Waals surface area contributed by atoms with Gasteiger partial charge < -0.3 is 10.0 Å². The van der Waals surface area contributed by atoms with Gasteiger partial charge in [0, 0.05) is 36.8 Å². The lowest BCUT2D eigenvalue weighted by atomic mass is 9.90. The quantitative estimate of drug-likeness (QED) is 0.841. The number of amides is 1. The van der Waals surface area contributed by atoms with Crippen LogP contribution in [-0.2, 0) is 28.9 Å². The summed E-state index contributed by atoms with van der Waals surface area (Å²) >= 11 is 0. The molecule has 1 aromatic heterocycles. The Hall–Kier alpha value is -1.91. The van der Waals surface area contributed by atoms with Gasteiger partial charge in [-0.05, 0) is 87.7 Å². The predicted molar refractivity (Wildman–Crippen MR) is 107 cm³/mol. The van der Waals surface area contributed by atoms with E-state index in [-0.39, 0.29) is 24.2 Å². The SMILES string of the molecule is O=C(O)CC1CC[C@H](C(=O)N2CCC(Cc3ccc4c(n3)CCCC4)CC2)C1. The van der Waals surface area contributed by atoms with Crippen LogP contribution in [0.1, 0.15) is 68.3 Å². The minimum Gasteiger partial charge on any atom is -0.481 e. The van der Waals surface area contributed by atoms with E-state index in [0.29, 0.717) is 5.92 Å². The highest BCUT2D eigenvalue weighted by molar-refractivity contribution is 5.79. The van der Waals surface area contributed by atoms with Gasteiger partial charge in [-0.3, -0.25) is 14.6 Å². The molecule has 1 N–H and O–H groups in total. The van der Waals surface area contributed by atoms with Crippen molar-refractivity contribution in [2.75, 3.05) is 13.1 Å². The lowest BCUT2D eigenvalue weighted by Gasteiger charge is -2.33. The predicted octanol–water partition coefficient (Wildman–Crippen LogP) is 3.63. The molecule has 0 radical (unpaired) electrons. The topological polar surface area (TPSA) is 70.5 Å². The van der Waals surface area contributed by atoms with Gasteiger partial charge in [0.15, 0.2) is 0 Å². The zero-order chi connectivity index (χ0) is 19.5. The highest BCUT2D eigenvalue weighted by atomic mass is 16.4. The molecule has 2 atom stereocenters. The van der Waals surface area contributed by atoms with Crippen molar-refractivity contribution < 1.29 is 14.7 Å². The molecule has 4 rings (SSSR count). The third-order valence-corrected chi connectivity index (χ3v) is 7.01. The van der Waals surface area contributed by atoms with Crippen LogP contribution in [0.15, 0.2) is 12.1 Å². The number of carboxylic acid groups (broad SMARTS) is 1. The Bertz CT molecular complexity index is 725. The van der Waals surface area contributed by atoms with Crippen molar-refractivity contribution in [2.24, 2.45) is 17.8 Å². The Balaban J connectivity index is 1.25. The molecule has 3 aliphatic rings. The van der Waals surface area contributed by atoms with Crippen molar-refractivity contribution in [1.29, 1.82) is 0 Å². The first kappa shape index (κ1) is 19.4. The first-order valence-electron chi connectivity index (χ1n) is 11.1. The highest BCUT2D eigenvalue weighted by Gasteiger charge is 2.34. The van der Waals surface area contributed by atoms with E-state index in [1.165, 1.54) is 36.2 Å². The first-order chi connectivity index (χ1) is 13.6. The average molecular weight is 385 g/mol. The minimum absolute atomic E-state index is 0.0446. The number of aliphatic carboxylic acids is 1. The number of aryl methyl sites for hydroxylation is 2. The second kappa shape index (κ2) is 8.62. The van der Waals surface area contributed by atoms with E-state index in [1.54, 1.807) is 0 Å². The molecule has 2 heterocycles. The lowest BCUT2D eigenvalue weighted by molar-refractivity contribution is -0.139. The number of rotatable bonds is 5. The average Bonchev–Trinajstić information content (AvgIpc) is 3.16. The zero-order valence-corrected chi connectivity index (χ0v) is 16.7. The van der Waals surface area contributed by atoms with E-state index in [9.17, 15) is 9.59 Å². The molecule has 0 spiro atoms. The molecule has 2 aliphatic carbocycles. The standard InChI is InChI=1S/C23H32N2O3/c26-22(27)15-17-5-6-19(13-17)23(28)25-11-9-16(10-12-25)14-20-8-7-18-3-1-2-4-21(18)24-20/h7-8,16-17,19H,1-6,9-15H2,(H,26,27)/t17?,19-/m0/s1. The molecular weight excluding hydrogens is 352 g/mol. The van der Waals surface area contributed by atoms with E-state index in [4.69, 9.17) is 10.1 Å². The molecule has 0 aromatic carbocycles. The van der Waals surface area contributed by atoms with E-state index in [1.807, 2.05) is 4.90 Å². The minimum atomic E-state index is -0.741. The maximum atomic E-state index is 12.8. The summed E-state index contributed by atoms with van der Waals surface area (Å²) in [4.78, 5) is 30.7. The van der Waals surface area contributed by atoms with Gasteiger partial charge in [-0.1, -0.05) is 6.07 Å². The Morgan fingerprint density at radius 3 is 2.61 bits per heavy atom. The molecule has 1 saturated heterocycles. The fourth-order valence-electron chi connectivity index (χ4n) is 5.38. The van der Waals surface area contributed by atoms with E-state index in [2.05, 4.69) is 12.1 Å². The lowest BCUT2D eigenvalue weighted by Crippen LogP contribution is -2.41. The van der Waals surface area contributed by atoms with Crippen molar-refractivity contribution >= 4 is 11.9 Å². The van der Waals surface area contributed by atoms with Crippen molar-refractivity contribution in [3.05, 3.63) is 29.1 Å². The van der Waals surface area contributed by atoms with Crippen LogP contribution in [-0.4, -0.2) is 40.0 Å². The molecule has 1 amide bonds. The molecule has 28 heavy (non-hydrogen) atoms. The number of fused-ring (bicyclic) bond motifs is 1. The fraction of sp³-hybridized carbons (Fsp3) is 0.696. The van der Waals surface area contributed by atoms with Crippen LogP contribution in [0.3, 0.4) is 0 Å². The molecule has 1 aliphatic heterocycles. The van der Waals surface area contributed by atoms with E-state index < -0.39 is 5.97 Å². The summed E-state index contributed by atoms with van der Waals surface area (Å²) in [6.45, 7) is 1.68. The molecule has 1 aromatic rings. The number of pyridine rings is 1. The number of likely N-dealkylation sites (tertiary alicyclic amines) is 1. The van der Waals surface area contributed by atoms with Crippen LogP contribution in [0.2, 0.25) is 0 Å². The normalized spacial score (nSPS) is 25.5. The van der Waals surface area contributed by atoms with Gasteiger partial charge in [-0.15, -0.1) is 0 Å². The first-order valence-corrected chi connectivity index (χ1v) is 11.1. The van der Waals surface area contributed by atoms with Gasteiger partial charge in [-0.25, -0.2) is 0 Å². The summed E-state index contributed by atoms with van der Waals surface area (Å²) in [5.41, 5.74) is 3.97. The smallest absolute Gasteiger partial charge is 0.303 e. The maximum Gasteiger partial charge on any atom is 0.303 e. The van der Waals surface area contributed by atoms with Crippen molar-refractivity contribution in [2.45, 2.75) is 70.6 Å². The van der Waals surface area contributed by atoms with Crippen LogP contribution in [0.25, 0.3) is 0 Å². The van der Waals surface area contributed by atoms with Gasteiger partial charge in [0.2, 0.25) is 5.91 Å². The third-order valence-electron chi connectivity index (χ3n) is 7.01. The molecule has 5 nitrogen and oxygen atoms in total. The van der Waals surface area contributed by atoms with Crippen molar-refractivity contribution in [1.82, 2.24) is 9.88 Å². The monoisotopic (exact) mass is 384 g/mol. The molecular formula is C23H32N2O3. The Kier molecular flexibility index (Phi) is 5.98. The van der Waals surface area contributed by atoms with Gasteiger partial charge in [0.25, 0.3) is 0 Å². The summed E-state index contributed by atoms with van der Waals surface area (Å²) in [6, 6.07) is 4.49. The summed E-state index contributed by atoms with van der Waals surface area (Å²) in [5.74, 6) is 0.358. The Labute approximate surface area is 167 Å². The zero-order valence-electron chi connectivity index (χ0n) is 16.7. The van der Waals surface area contributed by atoms with Crippen molar-refractivity contribution in [3.63, 3.8) is 0 Å². The second-order valence-corrected chi connectivity index (χ2v) is 9.06. The third kappa shape index (κ3) is 4.56. The highest BCUT2D eigenvalue weighted by Crippen LogP contribution is 2.35. The fourth-order valence-corrected chi connectivity index (χ4v) is 5.38. The molecule has 1 saturated carbocycles. The number of hydrogen-bond acceptors (Lipinski definition) is 3. The molecule has 2 fully saturated rings. The number of carbonyl (C=O) groups excluding carboxylic acids is 1. The van der Waals surface area contributed by atoms with Crippen LogP contribution in [0.4, 0.5) is 0 Å². The number of aromatic nitrogens is 1.